The smallest absolute Gasteiger partial charge is 0.158 e. The normalized spacial score (nSPS) is 19.8. The number of nitrogen functional groups attached to an aromatic ring is 1. The Morgan fingerprint density at radius 2 is 2.39 bits per heavy atom. The van der Waals surface area contributed by atoms with Gasteiger partial charge in [0, 0.05) is 17.7 Å². The summed E-state index contributed by atoms with van der Waals surface area (Å²) in [5, 5.41) is 0. The molecule has 0 saturated carbocycles. The molecule has 0 fully saturated rings. The minimum Gasteiger partial charge on any atom is -0.383 e. The van der Waals surface area contributed by atoms with Crippen molar-refractivity contribution in [3.05, 3.63) is 42.1 Å². The number of pyridine rings is 1. The van der Waals surface area contributed by atoms with Crippen LogP contribution in [0.3, 0.4) is 0 Å². The van der Waals surface area contributed by atoms with E-state index < -0.39 is 0 Å². The van der Waals surface area contributed by atoms with Gasteiger partial charge in [-0.05, 0) is 50.0 Å². The zero-order valence-corrected chi connectivity index (χ0v) is 10.6. The van der Waals surface area contributed by atoms with Gasteiger partial charge in [-0.3, -0.25) is 4.79 Å². The molecular weight excluding hydrogens is 224 g/mol. The summed E-state index contributed by atoms with van der Waals surface area (Å²) in [6, 6.07) is 3.88. The number of rotatable bonds is 3. The fraction of sp³-hybridized carbons (Fsp3) is 0.333. The quantitative estimate of drug-likeness (QED) is 0.829. The molecule has 1 atom stereocenters. The van der Waals surface area contributed by atoms with Crippen LogP contribution >= 0.6 is 0 Å². The Balaban J connectivity index is 2.12. The van der Waals surface area contributed by atoms with Crippen LogP contribution in [-0.4, -0.2) is 10.8 Å². The van der Waals surface area contributed by atoms with Gasteiger partial charge in [0.1, 0.15) is 5.82 Å². The van der Waals surface area contributed by atoms with Gasteiger partial charge in [0.2, 0.25) is 0 Å². The lowest BCUT2D eigenvalue weighted by Crippen LogP contribution is -2.15. The number of anilines is 1. The lowest BCUT2D eigenvalue weighted by Gasteiger charge is -2.20. The molecule has 1 aromatic heterocycles. The first-order valence-corrected chi connectivity index (χ1v) is 6.28. The number of nitrogens with two attached hydrogens (primary N) is 1. The molecule has 2 N–H and O–H groups in total. The van der Waals surface area contributed by atoms with Gasteiger partial charge in [-0.2, -0.15) is 0 Å². The monoisotopic (exact) mass is 242 g/mol. The lowest BCUT2D eigenvalue weighted by atomic mass is 9.84. The van der Waals surface area contributed by atoms with E-state index in [0.717, 1.165) is 24.8 Å². The van der Waals surface area contributed by atoms with E-state index in [4.69, 9.17) is 5.73 Å². The number of ketones is 1. The van der Waals surface area contributed by atoms with Crippen LogP contribution in [0.2, 0.25) is 0 Å². The fourth-order valence-electron chi connectivity index (χ4n) is 2.33. The number of hydrogen-bond donors (Lipinski definition) is 1. The first kappa shape index (κ1) is 12.6. The van der Waals surface area contributed by atoms with Crippen LogP contribution in [0, 0.1) is 5.92 Å². The molecule has 3 heteroatoms. The molecule has 18 heavy (non-hydrogen) atoms. The highest BCUT2D eigenvalue weighted by Gasteiger charge is 2.20. The first-order chi connectivity index (χ1) is 8.72. The molecule has 0 radical (unpaired) electrons. The highest BCUT2D eigenvalue weighted by atomic mass is 16.1. The summed E-state index contributed by atoms with van der Waals surface area (Å²) in [5.74, 6) is 0.928. The molecule has 0 amide bonds. The Hall–Kier alpha value is -1.90. The topological polar surface area (TPSA) is 56.0 Å². The van der Waals surface area contributed by atoms with Gasteiger partial charge in [0.15, 0.2) is 5.78 Å². The van der Waals surface area contributed by atoms with Crippen molar-refractivity contribution >= 4 is 17.2 Å². The largest absolute Gasteiger partial charge is 0.383 e. The summed E-state index contributed by atoms with van der Waals surface area (Å²) in [4.78, 5) is 15.9. The van der Waals surface area contributed by atoms with Crippen LogP contribution < -0.4 is 5.73 Å². The maximum Gasteiger partial charge on any atom is 0.158 e. The Morgan fingerprint density at radius 3 is 3.00 bits per heavy atom. The molecule has 1 unspecified atom stereocenters. The summed E-state index contributed by atoms with van der Waals surface area (Å²) in [5.41, 5.74) is 8.09. The molecule has 1 aliphatic carbocycles. The molecule has 0 aromatic carbocycles. The molecule has 2 rings (SSSR count). The highest BCUT2D eigenvalue weighted by Crippen LogP contribution is 2.32. The number of aromatic nitrogens is 1. The van der Waals surface area contributed by atoms with Gasteiger partial charge >= 0.3 is 0 Å². The van der Waals surface area contributed by atoms with Crippen molar-refractivity contribution < 1.29 is 4.79 Å². The van der Waals surface area contributed by atoms with E-state index in [0.29, 0.717) is 5.82 Å². The number of carbonyl (C=O) groups excluding carboxylic acids is 1. The summed E-state index contributed by atoms with van der Waals surface area (Å²) in [6.07, 6.45) is 9.88. The van der Waals surface area contributed by atoms with Crippen LogP contribution in [0.4, 0.5) is 5.82 Å². The molecule has 0 bridgehead atoms. The van der Waals surface area contributed by atoms with Crippen molar-refractivity contribution in [3.63, 3.8) is 0 Å². The molecule has 1 aliphatic rings. The van der Waals surface area contributed by atoms with E-state index in [1.54, 1.807) is 18.3 Å². The molecule has 0 aliphatic heterocycles. The summed E-state index contributed by atoms with van der Waals surface area (Å²) < 4.78 is 0. The minimum absolute atomic E-state index is 0.128. The molecule has 0 saturated heterocycles. The lowest BCUT2D eigenvalue weighted by molar-refractivity contribution is -0.118. The van der Waals surface area contributed by atoms with E-state index >= 15 is 0 Å². The third kappa shape index (κ3) is 2.67. The Labute approximate surface area is 107 Å². The fourth-order valence-corrected chi connectivity index (χ4v) is 2.33. The number of carbonyl (C=O) groups is 1. The molecule has 0 spiro atoms. The van der Waals surface area contributed by atoms with Crippen molar-refractivity contribution in [3.8, 4) is 0 Å². The van der Waals surface area contributed by atoms with Crippen LogP contribution in [-0.2, 0) is 4.79 Å². The predicted molar refractivity (Wildman–Crippen MR) is 73.8 cm³/mol. The summed E-state index contributed by atoms with van der Waals surface area (Å²) in [6.45, 7) is 1.87. The Bertz CT molecular complexity index is 503. The third-order valence-corrected chi connectivity index (χ3v) is 3.33. The third-order valence-electron chi connectivity index (χ3n) is 3.33. The maximum absolute atomic E-state index is 11.8. The van der Waals surface area contributed by atoms with Crippen molar-refractivity contribution in [1.82, 2.24) is 4.98 Å². The Morgan fingerprint density at radius 1 is 1.56 bits per heavy atom. The van der Waals surface area contributed by atoms with Crippen molar-refractivity contribution in [2.75, 3.05) is 5.73 Å². The SMILES string of the molecule is C/C=C/C(=O)C1CC=C(c2cccnc2N)CC1. The molecular formula is C15H18N2O. The molecule has 94 valence electrons. The van der Waals surface area contributed by atoms with E-state index in [1.165, 1.54) is 5.57 Å². The summed E-state index contributed by atoms with van der Waals surface area (Å²) >= 11 is 0. The number of hydrogen-bond acceptors (Lipinski definition) is 3. The van der Waals surface area contributed by atoms with Gasteiger partial charge in [0.25, 0.3) is 0 Å². The Kier molecular flexibility index (Phi) is 3.92. The maximum atomic E-state index is 11.8. The van der Waals surface area contributed by atoms with Crippen molar-refractivity contribution in [2.24, 2.45) is 5.92 Å². The zero-order valence-electron chi connectivity index (χ0n) is 10.6. The molecule has 3 nitrogen and oxygen atoms in total. The number of nitrogens with zero attached hydrogens (tertiary/aromatic N) is 1. The van der Waals surface area contributed by atoms with Crippen molar-refractivity contribution in [2.45, 2.75) is 26.2 Å². The second-order valence-corrected chi connectivity index (χ2v) is 4.54. The second-order valence-electron chi connectivity index (χ2n) is 4.54. The van der Waals surface area contributed by atoms with E-state index in [2.05, 4.69) is 11.1 Å². The molecule has 1 heterocycles. The van der Waals surface area contributed by atoms with Gasteiger partial charge in [0.05, 0.1) is 0 Å². The van der Waals surface area contributed by atoms with Gasteiger partial charge in [-0.15, -0.1) is 0 Å². The average molecular weight is 242 g/mol. The first-order valence-electron chi connectivity index (χ1n) is 6.28. The second kappa shape index (κ2) is 5.63. The van der Waals surface area contributed by atoms with E-state index in [9.17, 15) is 4.79 Å². The minimum atomic E-state index is 0.128. The summed E-state index contributed by atoms with van der Waals surface area (Å²) in [7, 11) is 0. The zero-order chi connectivity index (χ0) is 13.0. The standard InChI is InChI=1S/C15H18N2O/c1-2-4-14(18)12-8-6-11(7-9-12)13-5-3-10-17-15(13)16/h2-6,10,12H,7-9H2,1H3,(H2,16,17)/b4-2+. The van der Waals surface area contributed by atoms with Crippen LogP contribution in [0.25, 0.3) is 5.57 Å². The van der Waals surface area contributed by atoms with Gasteiger partial charge in [-0.1, -0.05) is 12.2 Å². The molecule has 1 aromatic rings. The van der Waals surface area contributed by atoms with Crippen LogP contribution in [0.15, 0.2) is 36.6 Å². The average Bonchev–Trinajstić information content (AvgIpc) is 2.40. The van der Waals surface area contributed by atoms with Crippen LogP contribution in [0.5, 0.6) is 0 Å². The van der Waals surface area contributed by atoms with E-state index in [1.807, 2.05) is 19.1 Å². The van der Waals surface area contributed by atoms with Gasteiger partial charge in [-0.25, -0.2) is 4.98 Å². The van der Waals surface area contributed by atoms with Crippen LogP contribution in [0.1, 0.15) is 31.7 Å². The predicted octanol–water partition coefficient (Wildman–Crippen LogP) is 2.99. The number of allylic oxidation sites excluding steroid dienone is 4. The van der Waals surface area contributed by atoms with Gasteiger partial charge < -0.3 is 5.73 Å². The van der Waals surface area contributed by atoms with E-state index in [-0.39, 0.29) is 11.7 Å². The highest BCUT2D eigenvalue weighted by molar-refractivity contribution is 5.92. The van der Waals surface area contributed by atoms with Crippen molar-refractivity contribution in [1.29, 1.82) is 0 Å².